The quantitative estimate of drug-likeness (QED) is 0.459. The zero-order valence-corrected chi connectivity index (χ0v) is 10.4. The molecule has 98 valence electrons. The number of likely N-dealkylation sites (tertiary alicyclic amines) is 1. The van der Waals surface area contributed by atoms with Gasteiger partial charge in [0, 0.05) is 12.1 Å². The third kappa shape index (κ3) is 3.45. The monoisotopic (exact) mass is 249 g/mol. The molecule has 0 unspecified atom stereocenters. The van der Waals surface area contributed by atoms with E-state index in [1.54, 1.807) is 18.2 Å². The fraction of sp³-hybridized carbons (Fsp3) is 0.462. The molecule has 0 spiro atoms. The molecule has 0 saturated carbocycles. The largest absolute Gasteiger partial charge is 0.492 e. The van der Waals surface area contributed by atoms with Crippen molar-refractivity contribution in [3.63, 3.8) is 0 Å². The van der Waals surface area contributed by atoms with Crippen molar-refractivity contribution in [3.8, 4) is 5.75 Å². The number of benzene rings is 1. The van der Waals surface area contributed by atoms with Crippen molar-refractivity contribution in [3.05, 3.63) is 29.8 Å². The molecule has 2 rings (SSSR count). The summed E-state index contributed by atoms with van der Waals surface area (Å²) in [6.07, 6.45) is 2.57. The van der Waals surface area contributed by atoms with Gasteiger partial charge in [0.05, 0.1) is 0 Å². The second-order valence-corrected chi connectivity index (χ2v) is 4.40. The molecule has 1 heterocycles. The summed E-state index contributed by atoms with van der Waals surface area (Å²) in [5.74, 6) is 5.49. The highest BCUT2D eigenvalue weighted by molar-refractivity contribution is 5.94. The Bertz CT molecular complexity index is 403. The Kier molecular flexibility index (Phi) is 4.55. The molecule has 1 amide bonds. The van der Waals surface area contributed by atoms with Gasteiger partial charge < -0.3 is 4.74 Å². The first kappa shape index (κ1) is 12.9. The fourth-order valence-electron chi connectivity index (χ4n) is 2.11. The topological polar surface area (TPSA) is 67.6 Å². The van der Waals surface area contributed by atoms with Crippen LogP contribution < -0.4 is 16.0 Å². The minimum absolute atomic E-state index is 0.306. The van der Waals surface area contributed by atoms with Crippen molar-refractivity contribution >= 4 is 5.91 Å². The number of hydrogen-bond donors (Lipinski definition) is 2. The predicted molar refractivity (Wildman–Crippen MR) is 69.3 cm³/mol. The second-order valence-electron chi connectivity index (χ2n) is 4.40. The van der Waals surface area contributed by atoms with Crippen LogP contribution in [0, 0.1) is 0 Å². The number of hydrazine groups is 1. The van der Waals surface area contributed by atoms with Gasteiger partial charge in [-0.3, -0.25) is 15.1 Å². The van der Waals surface area contributed by atoms with Crippen LogP contribution in [0.3, 0.4) is 0 Å². The summed E-state index contributed by atoms with van der Waals surface area (Å²) in [5.41, 5.74) is 2.62. The van der Waals surface area contributed by atoms with E-state index in [1.807, 2.05) is 6.07 Å². The van der Waals surface area contributed by atoms with Crippen molar-refractivity contribution in [2.75, 3.05) is 26.2 Å². The smallest absolute Gasteiger partial charge is 0.265 e. The van der Waals surface area contributed by atoms with Crippen LogP contribution in [-0.2, 0) is 0 Å². The molecule has 5 nitrogen and oxygen atoms in total. The van der Waals surface area contributed by atoms with Gasteiger partial charge in [-0.1, -0.05) is 6.07 Å². The van der Waals surface area contributed by atoms with E-state index in [0.29, 0.717) is 17.9 Å². The number of nitrogen functional groups attached to an aromatic ring is 1. The maximum absolute atomic E-state index is 11.3. The van der Waals surface area contributed by atoms with E-state index in [1.165, 1.54) is 25.9 Å². The first-order valence-electron chi connectivity index (χ1n) is 6.26. The second kappa shape index (κ2) is 6.37. The molecular weight excluding hydrogens is 230 g/mol. The minimum atomic E-state index is -0.306. The highest BCUT2D eigenvalue weighted by Crippen LogP contribution is 2.13. The molecular formula is C13H19N3O2. The van der Waals surface area contributed by atoms with E-state index < -0.39 is 0 Å². The van der Waals surface area contributed by atoms with Gasteiger partial charge in [-0.2, -0.15) is 0 Å². The summed E-state index contributed by atoms with van der Waals surface area (Å²) in [4.78, 5) is 13.7. The molecule has 0 radical (unpaired) electrons. The summed E-state index contributed by atoms with van der Waals surface area (Å²) in [5, 5.41) is 0. The van der Waals surface area contributed by atoms with Crippen molar-refractivity contribution in [2.45, 2.75) is 12.8 Å². The van der Waals surface area contributed by atoms with Gasteiger partial charge in [0.15, 0.2) is 0 Å². The highest BCUT2D eigenvalue weighted by atomic mass is 16.5. The van der Waals surface area contributed by atoms with Crippen LogP contribution in [0.15, 0.2) is 24.3 Å². The molecule has 1 saturated heterocycles. The molecule has 1 aromatic rings. The maximum Gasteiger partial charge on any atom is 0.265 e. The lowest BCUT2D eigenvalue weighted by molar-refractivity contribution is 0.0953. The third-order valence-corrected chi connectivity index (χ3v) is 3.10. The van der Waals surface area contributed by atoms with Crippen LogP contribution in [0.5, 0.6) is 5.75 Å². The van der Waals surface area contributed by atoms with E-state index in [2.05, 4.69) is 10.3 Å². The van der Waals surface area contributed by atoms with Gasteiger partial charge in [0.1, 0.15) is 12.4 Å². The van der Waals surface area contributed by atoms with Crippen molar-refractivity contribution in [1.29, 1.82) is 0 Å². The number of rotatable bonds is 5. The summed E-state index contributed by atoms with van der Waals surface area (Å²) >= 11 is 0. The minimum Gasteiger partial charge on any atom is -0.492 e. The molecule has 1 aromatic carbocycles. The van der Waals surface area contributed by atoms with Crippen LogP contribution in [0.25, 0.3) is 0 Å². The van der Waals surface area contributed by atoms with Gasteiger partial charge in [0.2, 0.25) is 0 Å². The Morgan fingerprint density at radius 1 is 1.39 bits per heavy atom. The Hall–Kier alpha value is -1.59. The number of hydrogen-bond acceptors (Lipinski definition) is 4. The van der Waals surface area contributed by atoms with Gasteiger partial charge in [0.25, 0.3) is 5.91 Å². The van der Waals surface area contributed by atoms with Crippen LogP contribution in [0.1, 0.15) is 23.2 Å². The van der Waals surface area contributed by atoms with E-state index in [-0.39, 0.29) is 5.91 Å². The highest BCUT2D eigenvalue weighted by Gasteiger charge is 2.11. The average Bonchev–Trinajstić information content (AvgIpc) is 2.91. The van der Waals surface area contributed by atoms with Gasteiger partial charge in [-0.05, 0) is 44.1 Å². The summed E-state index contributed by atoms with van der Waals surface area (Å²) in [7, 11) is 0. The van der Waals surface area contributed by atoms with Crippen LogP contribution in [0.4, 0.5) is 0 Å². The Labute approximate surface area is 107 Å². The number of nitrogens with one attached hydrogen (secondary N) is 1. The van der Waals surface area contributed by atoms with E-state index >= 15 is 0 Å². The standard InChI is InChI=1S/C13H19N3O2/c14-15-13(17)11-4-3-5-12(10-11)18-9-8-16-6-1-2-7-16/h3-5,10H,1-2,6-9,14H2,(H,15,17). The number of nitrogens with two attached hydrogens (primary N) is 1. The van der Waals surface area contributed by atoms with Gasteiger partial charge in [-0.15, -0.1) is 0 Å². The number of ether oxygens (including phenoxy) is 1. The zero-order valence-electron chi connectivity index (χ0n) is 10.4. The van der Waals surface area contributed by atoms with E-state index in [9.17, 15) is 4.79 Å². The summed E-state index contributed by atoms with van der Waals surface area (Å²) in [6.45, 7) is 3.92. The summed E-state index contributed by atoms with van der Waals surface area (Å²) in [6, 6.07) is 7.04. The van der Waals surface area contributed by atoms with Crippen molar-refractivity contribution in [2.24, 2.45) is 5.84 Å². The first-order chi connectivity index (χ1) is 8.79. The van der Waals surface area contributed by atoms with Crippen molar-refractivity contribution < 1.29 is 9.53 Å². The van der Waals surface area contributed by atoms with Crippen LogP contribution in [0.2, 0.25) is 0 Å². The average molecular weight is 249 g/mol. The molecule has 0 bridgehead atoms. The SMILES string of the molecule is NNC(=O)c1cccc(OCCN2CCCC2)c1. The maximum atomic E-state index is 11.3. The third-order valence-electron chi connectivity index (χ3n) is 3.10. The van der Waals surface area contributed by atoms with Gasteiger partial charge in [-0.25, -0.2) is 5.84 Å². The first-order valence-corrected chi connectivity index (χ1v) is 6.26. The molecule has 18 heavy (non-hydrogen) atoms. The molecule has 1 aliphatic rings. The zero-order chi connectivity index (χ0) is 12.8. The molecule has 1 fully saturated rings. The molecule has 1 aliphatic heterocycles. The number of nitrogens with zero attached hydrogens (tertiary/aromatic N) is 1. The fourth-order valence-corrected chi connectivity index (χ4v) is 2.11. The molecule has 0 atom stereocenters. The number of carbonyl (C=O) groups is 1. The lowest BCUT2D eigenvalue weighted by Crippen LogP contribution is -2.30. The summed E-state index contributed by atoms with van der Waals surface area (Å²) < 4.78 is 5.64. The van der Waals surface area contributed by atoms with E-state index in [4.69, 9.17) is 10.6 Å². The Morgan fingerprint density at radius 2 is 2.17 bits per heavy atom. The van der Waals surface area contributed by atoms with Crippen LogP contribution >= 0.6 is 0 Å². The van der Waals surface area contributed by atoms with Crippen molar-refractivity contribution in [1.82, 2.24) is 10.3 Å². The van der Waals surface area contributed by atoms with Crippen LogP contribution in [-0.4, -0.2) is 37.0 Å². The Balaban J connectivity index is 1.83. The predicted octanol–water partition coefficient (Wildman–Crippen LogP) is 0.765. The van der Waals surface area contributed by atoms with Gasteiger partial charge >= 0.3 is 0 Å². The lowest BCUT2D eigenvalue weighted by Gasteiger charge is -2.15. The number of carbonyl (C=O) groups excluding carboxylic acids is 1. The molecule has 0 aliphatic carbocycles. The Morgan fingerprint density at radius 3 is 2.89 bits per heavy atom. The molecule has 3 N–H and O–H groups in total. The molecule has 5 heteroatoms. The normalized spacial score (nSPS) is 15.6. The lowest BCUT2D eigenvalue weighted by atomic mass is 10.2. The molecule has 0 aromatic heterocycles. The van der Waals surface area contributed by atoms with E-state index in [0.717, 1.165) is 6.54 Å². The number of amides is 1.